The molecule has 0 N–H and O–H groups in total. The number of rotatable bonds is 2. The van der Waals surface area contributed by atoms with Crippen LogP contribution in [0.1, 0.15) is 77.6 Å². The van der Waals surface area contributed by atoms with Gasteiger partial charge in [-0.05, 0) is 91.9 Å². The third-order valence-corrected chi connectivity index (χ3v) is 10.6. The van der Waals surface area contributed by atoms with Gasteiger partial charge in [0.2, 0.25) is 0 Å². The topological polar surface area (TPSA) is 6.48 Å². The lowest BCUT2D eigenvalue weighted by molar-refractivity contribution is 0.590. The molecule has 5 aromatic carbocycles. The molecule has 2 heterocycles. The summed E-state index contributed by atoms with van der Waals surface area (Å²) in [6.45, 7) is 18.7. The van der Waals surface area contributed by atoms with E-state index in [-0.39, 0.29) is 23.0 Å². The van der Waals surface area contributed by atoms with Crippen molar-refractivity contribution in [2.75, 3.05) is 9.80 Å². The Morgan fingerprint density at radius 3 is 1.63 bits per heavy atom. The highest BCUT2D eigenvalue weighted by Gasteiger charge is 2.52. The molecule has 0 aromatic heterocycles. The van der Waals surface area contributed by atoms with Crippen LogP contribution >= 0.6 is 0 Å². The van der Waals surface area contributed by atoms with Gasteiger partial charge in [-0.2, -0.15) is 0 Å². The summed E-state index contributed by atoms with van der Waals surface area (Å²) in [5, 5.41) is 0. The molecule has 1 aliphatic carbocycles. The Hall–Kier alpha value is -4.50. The first-order valence-corrected chi connectivity index (χ1v) is 16.7. The molecular formula is C43H43BN2. The number of hydrogen-bond donors (Lipinski definition) is 0. The summed E-state index contributed by atoms with van der Waals surface area (Å²) >= 11 is 0. The normalized spacial score (nSPS) is 16.2. The maximum atomic E-state index is 2.59. The molecule has 2 aliphatic heterocycles. The van der Waals surface area contributed by atoms with Crippen molar-refractivity contribution >= 4 is 51.5 Å². The van der Waals surface area contributed by atoms with Crippen molar-refractivity contribution in [1.29, 1.82) is 0 Å². The van der Waals surface area contributed by atoms with E-state index in [4.69, 9.17) is 0 Å². The Bertz CT molecular complexity index is 2040. The molecule has 8 rings (SSSR count). The van der Waals surface area contributed by atoms with Crippen LogP contribution in [-0.2, 0) is 16.2 Å². The van der Waals surface area contributed by atoms with Crippen molar-refractivity contribution in [3.8, 4) is 0 Å². The molecule has 0 unspecified atom stereocenters. The Labute approximate surface area is 275 Å². The van der Waals surface area contributed by atoms with Gasteiger partial charge in [-0.15, -0.1) is 0 Å². The van der Waals surface area contributed by atoms with Crippen molar-refractivity contribution in [3.63, 3.8) is 0 Å². The van der Waals surface area contributed by atoms with Crippen molar-refractivity contribution in [2.45, 2.75) is 71.6 Å². The first kappa shape index (κ1) is 28.9. The lowest BCUT2D eigenvalue weighted by Gasteiger charge is -2.46. The summed E-state index contributed by atoms with van der Waals surface area (Å²) in [5.41, 5.74) is 17.3. The molecule has 0 saturated heterocycles. The third-order valence-electron chi connectivity index (χ3n) is 10.6. The Balaban J connectivity index is 1.42. The Morgan fingerprint density at radius 2 is 1.02 bits per heavy atom. The molecule has 0 spiro atoms. The SMILES string of the molecule is CC(C)(C)c1ccc(N2C3=C(B4c5ccccc5N(c5ccc(C(C)(C)C)cc5)c5cccc2c54)c2ccccc2C3(C)C)cc1. The van der Waals surface area contributed by atoms with E-state index >= 15 is 0 Å². The van der Waals surface area contributed by atoms with Gasteiger partial charge in [0, 0.05) is 39.5 Å². The van der Waals surface area contributed by atoms with Gasteiger partial charge in [-0.25, -0.2) is 0 Å². The molecule has 46 heavy (non-hydrogen) atoms. The molecule has 0 amide bonds. The molecule has 0 saturated carbocycles. The van der Waals surface area contributed by atoms with Gasteiger partial charge in [0.05, 0.1) is 0 Å². The smallest absolute Gasteiger partial charge is 0.252 e. The van der Waals surface area contributed by atoms with Gasteiger partial charge in [-0.1, -0.05) is 128 Å². The maximum absolute atomic E-state index is 2.59. The largest absolute Gasteiger partial charge is 0.314 e. The van der Waals surface area contributed by atoms with E-state index in [9.17, 15) is 0 Å². The number of para-hydroxylation sites is 1. The van der Waals surface area contributed by atoms with E-state index < -0.39 is 0 Å². The number of anilines is 5. The lowest BCUT2D eigenvalue weighted by Crippen LogP contribution is -2.55. The fourth-order valence-corrected chi connectivity index (χ4v) is 8.18. The fourth-order valence-electron chi connectivity index (χ4n) is 8.18. The van der Waals surface area contributed by atoms with Crippen molar-refractivity contribution < 1.29 is 0 Å². The van der Waals surface area contributed by atoms with Crippen molar-refractivity contribution in [3.05, 3.63) is 143 Å². The van der Waals surface area contributed by atoms with Gasteiger partial charge in [0.25, 0.3) is 6.71 Å². The average Bonchev–Trinajstić information content (AvgIpc) is 3.27. The number of benzene rings is 5. The fraction of sp³-hybridized carbons (Fsp3) is 0.256. The second-order valence-corrected chi connectivity index (χ2v) is 15.9. The van der Waals surface area contributed by atoms with E-state index in [1.54, 1.807) is 0 Å². The van der Waals surface area contributed by atoms with Crippen LogP contribution in [0, 0.1) is 0 Å². The van der Waals surface area contributed by atoms with Crippen LogP contribution in [0.5, 0.6) is 0 Å². The van der Waals surface area contributed by atoms with E-state index in [0.29, 0.717) is 0 Å². The number of fused-ring (bicyclic) bond motifs is 5. The third kappa shape index (κ3) is 4.10. The van der Waals surface area contributed by atoms with E-state index in [1.165, 1.54) is 72.8 Å². The highest BCUT2D eigenvalue weighted by atomic mass is 15.2. The zero-order valence-electron chi connectivity index (χ0n) is 28.4. The lowest BCUT2D eigenvalue weighted by atomic mass is 9.32. The summed E-state index contributed by atoms with van der Waals surface area (Å²) in [4.78, 5) is 5.08. The minimum absolute atomic E-state index is 0.0947. The van der Waals surface area contributed by atoms with Crippen LogP contribution < -0.4 is 20.7 Å². The second-order valence-electron chi connectivity index (χ2n) is 15.9. The summed E-state index contributed by atoms with van der Waals surface area (Å²) < 4.78 is 0. The highest BCUT2D eigenvalue weighted by molar-refractivity contribution is 7.03. The molecule has 3 heteroatoms. The van der Waals surface area contributed by atoms with Gasteiger partial charge in [0.15, 0.2) is 0 Å². The van der Waals surface area contributed by atoms with Gasteiger partial charge >= 0.3 is 0 Å². The maximum Gasteiger partial charge on any atom is 0.252 e. The Morgan fingerprint density at radius 1 is 0.522 bits per heavy atom. The molecule has 2 nitrogen and oxygen atoms in total. The molecule has 0 bridgehead atoms. The van der Waals surface area contributed by atoms with Gasteiger partial charge in [0.1, 0.15) is 0 Å². The molecule has 0 atom stereocenters. The zero-order valence-corrected chi connectivity index (χ0v) is 28.4. The number of allylic oxidation sites excluding steroid dienone is 1. The number of nitrogens with zero attached hydrogens (tertiary/aromatic N) is 2. The van der Waals surface area contributed by atoms with Gasteiger partial charge in [-0.3, -0.25) is 0 Å². The average molecular weight is 599 g/mol. The van der Waals surface area contributed by atoms with Crippen molar-refractivity contribution in [1.82, 2.24) is 0 Å². The van der Waals surface area contributed by atoms with Crippen molar-refractivity contribution in [2.24, 2.45) is 0 Å². The monoisotopic (exact) mass is 598 g/mol. The predicted molar refractivity (Wildman–Crippen MR) is 199 cm³/mol. The minimum atomic E-state index is -0.169. The summed E-state index contributed by atoms with van der Waals surface area (Å²) in [6, 6.07) is 43.7. The van der Waals surface area contributed by atoms with Crippen LogP contribution in [-0.4, -0.2) is 6.71 Å². The van der Waals surface area contributed by atoms with Crippen LogP contribution in [0.3, 0.4) is 0 Å². The summed E-state index contributed by atoms with van der Waals surface area (Å²) in [6.07, 6.45) is 0. The highest BCUT2D eigenvalue weighted by Crippen LogP contribution is 2.55. The molecule has 228 valence electrons. The van der Waals surface area contributed by atoms with Crippen LogP contribution in [0.4, 0.5) is 28.4 Å². The summed E-state index contributed by atoms with van der Waals surface area (Å²) in [7, 11) is 0. The van der Waals surface area contributed by atoms with Gasteiger partial charge < -0.3 is 9.80 Å². The first-order chi connectivity index (χ1) is 21.9. The number of hydrogen-bond acceptors (Lipinski definition) is 2. The quantitative estimate of drug-likeness (QED) is 0.187. The molecule has 0 radical (unpaired) electrons. The second kappa shape index (κ2) is 9.75. The standard InChI is InChI=1S/C43H43BN2/c1-41(2,3)28-20-24-30(25-21-28)45-35-17-12-11-16-34(35)44-38-32-14-9-10-15-33(32)43(7,8)40(38)46(37-19-13-18-36(45)39(37)44)31-26-22-29(23-27-31)42(4,5)6/h9-27H,1-8H3. The first-order valence-electron chi connectivity index (χ1n) is 16.7. The van der Waals surface area contributed by atoms with Crippen LogP contribution in [0.2, 0.25) is 0 Å². The Kier molecular flexibility index (Phi) is 6.14. The molecule has 3 aliphatic rings. The van der Waals surface area contributed by atoms with Crippen LogP contribution in [0.15, 0.2) is 121 Å². The van der Waals surface area contributed by atoms with Crippen LogP contribution in [0.25, 0.3) is 5.47 Å². The molecular weight excluding hydrogens is 555 g/mol. The molecule has 0 fully saturated rings. The predicted octanol–water partition coefficient (Wildman–Crippen LogP) is 10.1. The minimum Gasteiger partial charge on any atom is -0.314 e. The zero-order chi connectivity index (χ0) is 32.2. The summed E-state index contributed by atoms with van der Waals surface area (Å²) in [5.74, 6) is 0. The molecule has 5 aromatic rings. The van der Waals surface area contributed by atoms with E-state index in [0.717, 1.165) is 0 Å². The van der Waals surface area contributed by atoms with E-state index in [2.05, 4.69) is 180 Å². The van der Waals surface area contributed by atoms with E-state index in [1.807, 2.05) is 0 Å².